The van der Waals surface area contributed by atoms with Gasteiger partial charge in [0.25, 0.3) is 0 Å². The first-order chi connectivity index (χ1) is 6.90. The molecule has 1 aromatic carbocycles. The molecule has 4 nitrogen and oxygen atoms in total. The normalized spacial score (nSPS) is 11.3. The van der Waals surface area contributed by atoms with Crippen LogP contribution in [0.4, 0.5) is 0 Å². The fraction of sp³-hybridized carbons (Fsp3) is 0.455. The predicted octanol–water partition coefficient (Wildman–Crippen LogP) is 1.60. The second-order valence-electron chi connectivity index (χ2n) is 3.95. The maximum absolute atomic E-state index is 9.57. The number of benzene rings is 1. The predicted molar refractivity (Wildman–Crippen MR) is 58.4 cm³/mol. The lowest BCUT2D eigenvalue weighted by Crippen LogP contribution is -2.29. The number of methoxy groups -OCH3 is 2. The van der Waals surface area contributed by atoms with Gasteiger partial charge in [-0.3, -0.25) is 0 Å². The molecule has 0 unspecified atom stereocenters. The number of aromatic hydroxyl groups is 1. The van der Waals surface area contributed by atoms with E-state index in [0.29, 0.717) is 11.5 Å². The molecule has 0 amide bonds. The zero-order chi connectivity index (χ0) is 11.6. The van der Waals surface area contributed by atoms with Crippen LogP contribution in [0.1, 0.15) is 19.4 Å². The van der Waals surface area contributed by atoms with Crippen molar-refractivity contribution in [2.24, 2.45) is 5.73 Å². The number of hydrogen-bond donors (Lipinski definition) is 2. The Hall–Kier alpha value is -1.42. The summed E-state index contributed by atoms with van der Waals surface area (Å²) in [7, 11) is 3.03. The highest BCUT2D eigenvalue weighted by Crippen LogP contribution is 2.37. The molecule has 4 heteroatoms. The van der Waals surface area contributed by atoms with Gasteiger partial charge in [0.05, 0.1) is 14.2 Å². The van der Waals surface area contributed by atoms with Crippen molar-refractivity contribution in [3.63, 3.8) is 0 Å². The summed E-state index contributed by atoms with van der Waals surface area (Å²) in [5.74, 6) is 0.993. The van der Waals surface area contributed by atoms with E-state index in [9.17, 15) is 5.11 Å². The van der Waals surface area contributed by atoms with Gasteiger partial charge >= 0.3 is 0 Å². The van der Waals surface area contributed by atoms with Gasteiger partial charge in [-0.15, -0.1) is 0 Å². The third-order valence-electron chi connectivity index (χ3n) is 2.20. The molecule has 15 heavy (non-hydrogen) atoms. The highest BCUT2D eigenvalue weighted by Gasteiger charge is 2.21. The summed E-state index contributed by atoms with van der Waals surface area (Å²) in [6.45, 7) is 3.72. The minimum Gasteiger partial charge on any atom is -0.504 e. The van der Waals surface area contributed by atoms with Crippen molar-refractivity contribution in [2.75, 3.05) is 14.2 Å². The molecule has 0 bridgehead atoms. The summed E-state index contributed by atoms with van der Waals surface area (Å²) in [5.41, 5.74) is 6.23. The van der Waals surface area contributed by atoms with Crippen molar-refractivity contribution in [3.8, 4) is 17.2 Å². The monoisotopic (exact) mass is 211 g/mol. The zero-order valence-corrected chi connectivity index (χ0v) is 9.50. The molecule has 3 N–H and O–H groups in total. The molecule has 0 aliphatic carbocycles. The molecule has 1 aromatic rings. The van der Waals surface area contributed by atoms with Crippen molar-refractivity contribution < 1.29 is 14.6 Å². The lowest BCUT2D eigenvalue weighted by Gasteiger charge is -2.23. The summed E-state index contributed by atoms with van der Waals surface area (Å²) in [4.78, 5) is 0. The Morgan fingerprint density at radius 2 is 1.67 bits per heavy atom. The maximum Gasteiger partial charge on any atom is 0.161 e. The van der Waals surface area contributed by atoms with Crippen molar-refractivity contribution >= 4 is 0 Å². The van der Waals surface area contributed by atoms with Gasteiger partial charge in [-0.05, 0) is 19.9 Å². The van der Waals surface area contributed by atoms with Crippen LogP contribution in [0, 0.1) is 0 Å². The minimum atomic E-state index is -0.549. The van der Waals surface area contributed by atoms with Gasteiger partial charge in [-0.2, -0.15) is 0 Å². The van der Waals surface area contributed by atoms with E-state index in [4.69, 9.17) is 15.2 Å². The van der Waals surface area contributed by atoms with Crippen LogP contribution >= 0.6 is 0 Å². The van der Waals surface area contributed by atoms with E-state index < -0.39 is 5.54 Å². The first-order valence-corrected chi connectivity index (χ1v) is 4.64. The Bertz CT molecular complexity index is 356. The molecule has 0 aromatic heterocycles. The number of nitrogens with two attached hydrogens (primary N) is 1. The number of rotatable bonds is 3. The first kappa shape index (κ1) is 11.7. The SMILES string of the molecule is COc1cc(C(C)(C)N)c(OC)cc1O. The van der Waals surface area contributed by atoms with E-state index >= 15 is 0 Å². The average Bonchev–Trinajstić information content (AvgIpc) is 2.15. The van der Waals surface area contributed by atoms with E-state index in [-0.39, 0.29) is 5.75 Å². The summed E-state index contributed by atoms with van der Waals surface area (Å²) >= 11 is 0. The smallest absolute Gasteiger partial charge is 0.161 e. The van der Waals surface area contributed by atoms with Gasteiger partial charge in [0.15, 0.2) is 11.5 Å². The molecule has 1 rings (SSSR count). The fourth-order valence-electron chi connectivity index (χ4n) is 1.39. The highest BCUT2D eigenvalue weighted by atomic mass is 16.5. The van der Waals surface area contributed by atoms with Gasteiger partial charge in [0, 0.05) is 17.2 Å². The van der Waals surface area contributed by atoms with Gasteiger partial charge in [-0.25, -0.2) is 0 Å². The topological polar surface area (TPSA) is 64.7 Å². The molecular formula is C11H17NO3. The van der Waals surface area contributed by atoms with Crippen molar-refractivity contribution in [1.82, 2.24) is 0 Å². The second-order valence-corrected chi connectivity index (χ2v) is 3.95. The highest BCUT2D eigenvalue weighted by molar-refractivity contribution is 5.52. The number of phenols is 1. The van der Waals surface area contributed by atoms with Crippen LogP contribution in [-0.2, 0) is 5.54 Å². The maximum atomic E-state index is 9.57. The van der Waals surface area contributed by atoms with E-state index in [1.54, 1.807) is 6.07 Å². The summed E-state index contributed by atoms with van der Waals surface area (Å²) in [5, 5.41) is 9.57. The molecule has 0 saturated heterocycles. The average molecular weight is 211 g/mol. The summed E-state index contributed by atoms with van der Waals surface area (Å²) < 4.78 is 10.2. The molecule has 84 valence electrons. The molecule has 0 saturated carbocycles. The quantitative estimate of drug-likeness (QED) is 0.797. The summed E-state index contributed by atoms with van der Waals surface area (Å²) in [6, 6.07) is 3.19. The van der Waals surface area contributed by atoms with Gasteiger partial charge in [0.1, 0.15) is 5.75 Å². The Kier molecular flexibility index (Phi) is 3.09. The zero-order valence-electron chi connectivity index (χ0n) is 9.50. The fourth-order valence-corrected chi connectivity index (χ4v) is 1.39. The minimum absolute atomic E-state index is 0.0438. The van der Waals surface area contributed by atoms with Crippen LogP contribution in [0.3, 0.4) is 0 Å². The van der Waals surface area contributed by atoms with Crippen molar-refractivity contribution in [3.05, 3.63) is 17.7 Å². The Labute approximate surface area is 89.6 Å². The summed E-state index contributed by atoms with van der Waals surface area (Å²) in [6.07, 6.45) is 0. The number of ether oxygens (including phenoxy) is 2. The Morgan fingerprint density at radius 3 is 2.07 bits per heavy atom. The van der Waals surface area contributed by atoms with E-state index in [1.807, 2.05) is 13.8 Å². The molecule has 0 aliphatic heterocycles. The second kappa shape index (κ2) is 3.98. The lowest BCUT2D eigenvalue weighted by molar-refractivity contribution is 0.357. The molecule has 0 heterocycles. The lowest BCUT2D eigenvalue weighted by atomic mass is 9.94. The van der Waals surface area contributed by atoms with Gasteiger partial charge in [0.2, 0.25) is 0 Å². The van der Waals surface area contributed by atoms with Crippen molar-refractivity contribution in [2.45, 2.75) is 19.4 Å². The van der Waals surface area contributed by atoms with E-state index in [2.05, 4.69) is 0 Å². The largest absolute Gasteiger partial charge is 0.504 e. The van der Waals surface area contributed by atoms with E-state index in [1.165, 1.54) is 20.3 Å². The number of phenolic OH excluding ortho intramolecular Hbond substituents is 1. The molecular weight excluding hydrogens is 194 g/mol. The van der Waals surface area contributed by atoms with Crippen LogP contribution in [0.25, 0.3) is 0 Å². The van der Waals surface area contributed by atoms with Crippen LogP contribution < -0.4 is 15.2 Å². The molecule has 0 atom stereocenters. The third-order valence-corrected chi connectivity index (χ3v) is 2.20. The van der Waals surface area contributed by atoms with Gasteiger partial charge < -0.3 is 20.3 Å². The first-order valence-electron chi connectivity index (χ1n) is 4.64. The van der Waals surface area contributed by atoms with Crippen LogP contribution in [0.2, 0.25) is 0 Å². The molecule has 0 radical (unpaired) electrons. The van der Waals surface area contributed by atoms with Gasteiger partial charge in [-0.1, -0.05) is 0 Å². The Morgan fingerprint density at radius 1 is 1.13 bits per heavy atom. The van der Waals surface area contributed by atoms with Crippen LogP contribution in [0.5, 0.6) is 17.2 Å². The third kappa shape index (κ3) is 2.33. The standard InChI is InChI=1S/C11H17NO3/c1-11(2,12)7-5-10(15-4)8(13)6-9(7)14-3/h5-6,13H,12H2,1-4H3. The molecule has 0 aliphatic rings. The Balaban J connectivity index is 3.36. The van der Waals surface area contributed by atoms with Crippen LogP contribution in [-0.4, -0.2) is 19.3 Å². The van der Waals surface area contributed by atoms with E-state index in [0.717, 1.165) is 5.56 Å². The van der Waals surface area contributed by atoms with Crippen molar-refractivity contribution in [1.29, 1.82) is 0 Å². The molecule has 0 fully saturated rings. The number of hydrogen-bond acceptors (Lipinski definition) is 4. The molecule has 0 spiro atoms. The van der Waals surface area contributed by atoms with Crippen LogP contribution in [0.15, 0.2) is 12.1 Å².